The molecule has 1 fully saturated rings. The Balaban J connectivity index is 2.14. The number of nitrogens with zero attached hydrogens (tertiary/aromatic N) is 2. The molecule has 1 aliphatic rings. The van der Waals surface area contributed by atoms with E-state index < -0.39 is 34.4 Å². The maximum atomic E-state index is 12.9. The normalized spacial score (nSPS) is 17.4. The number of hydrogen-bond donors (Lipinski definition) is 1. The van der Waals surface area contributed by atoms with E-state index in [9.17, 15) is 29.6 Å². The van der Waals surface area contributed by atoms with Gasteiger partial charge in [0.05, 0.1) is 16.5 Å². The first-order valence-electron chi connectivity index (χ1n) is 10.1. The van der Waals surface area contributed by atoms with Crippen molar-refractivity contribution < 1.29 is 29.2 Å². The number of esters is 1. The van der Waals surface area contributed by atoms with Crippen molar-refractivity contribution in [1.29, 1.82) is 0 Å². The largest absolute Gasteiger partial charge is 0.507 e. The van der Waals surface area contributed by atoms with Crippen molar-refractivity contribution in [2.24, 2.45) is 0 Å². The lowest BCUT2D eigenvalue weighted by Crippen LogP contribution is -2.30. The average molecular weight is 438 g/mol. The van der Waals surface area contributed by atoms with Crippen molar-refractivity contribution in [3.05, 3.63) is 75.3 Å². The molecular formula is C23H22N2O7. The Bertz CT molecular complexity index is 1110. The third kappa shape index (κ3) is 4.51. The minimum atomic E-state index is -0.896. The second kappa shape index (κ2) is 9.42. The van der Waals surface area contributed by atoms with Gasteiger partial charge in [0.2, 0.25) is 0 Å². The number of benzene rings is 2. The molecule has 1 unspecified atom stereocenters. The highest BCUT2D eigenvalue weighted by molar-refractivity contribution is 6.46. The van der Waals surface area contributed by atoms with Gasteiger partial charge in [-0.25, -0.2) is 0 Å². The van der Waals surface area contributed by atoms with Crippen LogP contribution in [0.15, 0.2) is 54.1 Å². The van der Waals surface area contributed by atoms with Crippen LogP contribution in [0.2, 0.25) is 0 Å². The lowest BCUT2D eigenvalue weighted by atomic mass is 9.95. The Morgan fingerprint density at radius 2 is 1.88 bits per heavy atom. The number of hydrogen-bond acceptors (Lipinski definition) is 7. The van der Waals surface area contributed by atoms with Crippen LogP contribution in [-0.2, 0) is 14.4 Å². The van der Waals surface area contributed by atoms with E-state index in [0.29, 0.717) is 18.5 Å². The van der Waals surface area contributed by atoms with Crippen LogP contribution in [0.25, 0.3) is 5.76 Å². The van der Waals surface area contributed by atoms with Crippen molar-refractivity contribution >= 4 is 29.1 Å². The summed E-state index contributed by atoms with van der Waals surface area (Å²) < 4.78 is 5.13. The summed E-state index contributed by atoms with van der Waals surface area (Å²) in [5, 5.41) is 21.9. The quantitative estimate of drug-likeness (QED) is 0.133. The molecule has 0 saturated carbocycles. The molecule has 2 aromatic carbocycles. The molecule has 1 aliphatic heterocycles. The molecule has 0 aliphatic carbocycles. The van der Waals surface area contributed by atoms with E-state index in [-0.39, 0.29) is 22.6 Å². The predicted octanol–water partition coefficient (Wildman–Crippen LogP) is 3.74. The van der Waals surface area contributed by atoms with E-state index in [2.05, 4.69) is 0 Å². The third-order valence-corrected chi connectivity index (χ3v) is 5.08. The summed E-state index contributed by atoms with van der Waals surface area (Å²) in [6.45, 7) is 3.50. The van der Waals surface area contributed by atoms with Gasteiger partial charge in [0, 0.05) is 31.2 Å². The number of ketones is 1. The van der Waals surface area contributed by atoms with E-state index in [1.54, 1.807) is 24.3 Å². The molecule has 0 bridgehead atoms. The lowest BCUT2D eigenvalue weighted by Gasteiger charge is -2.25. The number of Topliss-reactive ketones (excluding diaryl/α,β-unsaturated/α-hetero) is 1. The number of carbonyl (C=O) groups is 3. The van der Waals surface area contributed by atoms with Crippen molar-refractivity contribution in [3.63, 3.8) is 0 Å². The minimum Gasteiger partial charge on any atom is -0.507 e. The molecule has 2 aromatic rings. The van der Waals surface area contributed by atoms with E-state index in [1.165, 1.54) is 36.1 Å². The molecule has 1 heterocycles. The predicted molar refractivity (Wildman–Crippen MR) is 115 cm³/mol. The number of rotatable bonds is 7. The van der Waals surface area contributed by atoms with Gasteiger partial charge in [-0.2, -0.15) is 0 Å². The first-order chi connectivity index (χ1) is 15.2. The number of aliphatic hydroxyl groups is 1. The lowest BCUT2D eigenvalue weighted by molar-refractivity contribution is -0.384. The van der Waals surface area contributed by atoms with Gasteiger partial charge in [0.1, 0.15) is 11.5 Å². The number of non-ortho nitro benzene ring substituents is 1. The molecule has 9 heteroatoms. The Morgan fingerprint density at radius 1 is 1.19 bits per heavy atom. The molecule has 1 N–H and O–H groups in total. The van der Waals surface area contributed by atoms with Crippen molar-refractivity contribution in [1.82, 2.24) is 4.90 Å². The number of nitro benzene ring substituents is 1. The van der Waals surface area contributed by atoms with E-state index >= 15 is 0 Å². The van der Waals surface area contributed by atoms with E-state index in [1.807, 2.05) is 6.92 Å². The summed E-state index contributed by atoms with van der Waals surface area (Å²) in [6.07, 6.45) is 1.43. The molecule has 32 heavy (non-hydrogen) atoms. The maximum Gasteiger partial charge on any atom is 0.308 e. The molecule has 0 spiro atoms. The van der Waals surface area contributed by atoms with Gasteiger partial charge in [-0.05, 0) is 36.2 Å². The van der Waals surface area contributed by atoms with Gasteiger partial charge in [-0.15, -0.1) is 0 Å². The highest BCUT2D eigenvalue weighted by atomic mass is 16.6. The first kappa shape index (κ1) is 22.7. The minimum absolute atomic E-state index is 0.125. The van der Waals surface area contributed by atoms with Crippen LogP contribution >= 0.6 is 0 Å². The molecule has 1 atom stereocenters. The number of ether oxygens (including phenoxy) is 1. The van der Waals surface area contributed by atoms with Gasteiger partial charge in [0.25, 0.3) is 17.4 Å². The van der Waals surface area contributed by atoms with Crippen LogP contribution < -0.4 is 4.74 Å². The molecule has 3 rings (SSSR count). The van der Waals surface area contributed by atoms with Crippen molar-refractivity contribution in [2.45, 2.75) is 32.7 Å². The summed E-state index contributed by atoms with van der Waals surface area (Å²) in [7, 11) is 0. The van der Waals surface area contributed by atoms with Crippen molar-refractivity contribution in [2.75, 3.05) is 6.54 Å². The molecule has 1 amide bonds. The first-order valence-corrected chi connectivity index (χ1v) is 10.1. The Kier molecular flexibility index (Phi) is 6.67. The van der Waals surface area contributed by atoms with Crippen LogP contribution in [0.1, 0.15) is 43.9 Å². The fourth-order valence-electron chi connectivity index (χ4n) is 3.60. The van der Waals surface area contributed by atoms with Gasteiger partial charge in [-0.3, -0.25) is 24.5 Å². The van der Waals surface area contributed by atoms with E-state index in [4.69, 9.17) is 4.74 Å². The molecule has 166 valence electrons. The van der Waals surface area contributed by atoms with Gasteiger partial charge in [0.15, 0.2) is 0 Å². The summed E-state index contributed by atoms with van der Waals surface area (Å²) in [5.74, 6) is -2.30. The van der Waals surface area contributed by atoms with Gasteiger partial charge >= 0.3 is 5.97 Å². The van der Waals surface area contributed by atoms with Crippen LogP contribution in [0.3, 0.4) is 0 Å². The molecule has 1 saturated heterocycles. The zero-order chi connectivity index (χ0) is 23.4. The number of unbranched alkanes of at least 4 members (excludes halogenated alkanes) is 1. The summed E-state index contributed by atoms with van der Waals surface area (Å²) >= 11 is 0. The molecule has 0 aromatic heterocycles. The number of amides is 1. The number of carbonyl (C=O) groups excluding carboxylic acids is 3. The zero-order valence-electron chi connectivity index (χ0n) is 17.6. The topological polar surface area (TPSA) is 127 Å². The summed E-state index contributed by atoms with van der Waals surface area (Å²) in [4.78, 5) is 48.8. The zero-order valence-corrected chi connectivity index (χ0v) is 17.6. The number of nitro groups is 1. The van der Waals surface area contributed by atoms with Gasteiger partial charge < -0.3 is 14.7 Å². The van der Waals surface area contributed by atoms with Crippen LogP contribution in [-0.4, -0.2) is 39.1 Å². The standard InChI is InChI=1S/C23H22N2O7/c1-3-4-12-24-20(16-6-5-7-18(13-16)32-14(2)26)19(22(28)23(24)29)21(27)15-8-10-17(11-9-15)25(30)31/h5-11,13,20,27H,3-4,12H2,1-2H3/b21-19+. The average Bonchev–Trinajstić information content (AvgIpc) is 3.01. The Hall–Kier alpha value is -4.01. The Labute approximate surface area is 184 Å². The highest BCUT2D eigenvalue weighted by Gasteiger charge is 2.45. The van der Waals surface area contributed by atoms with Crippen LogP contribution in [0.4, 0.5) is 5.69 Å². The van der Waals surface area contributed by atoms with Gasteiger partial charge in [-0.1, -0.05) is 25.5 Å². The third-order valence-electron chi connectivity index (χ3n) is 5.08. The monoisotopic (exact) mass is 438 g/mol. The van der Waals surface area contributed by atoms with E-state index in [0.717, 1.165) is 6.42 Å². The second-order valence-corrected chi connectivity index (χ2v) is 7.32. The Morgan fingerprint density at radius 3 is 2.47 bits per heavy atom. The smallest absolute Gasteiger partial charge is 0.308 e. The van der Waals surface area contributed by atoms with Crippen LogP contribution in [0.5, 0.6) is 5.75 Å². The maximum absolute atomic E-state index is 12.9. The molecular weight excluding hydrogens is 416 g/mol. The molecule has 0 radical (unpaired) electrons. The number of likely N-dealkylation sites (tertiary alicyclic amines) is 1. The summed E-state index contributed by atoms with van der Waals surface area (Å²) in [6, 6.07) is 10.6. The highest BCUT2D eigenvalue weighted by Crippen LogP contribution is 2.40. The van der Waals surface area contributed by atoms with Crippen LogP contribution in [0, 0.1) is 10.1 Å². The fourth-order valence-corrected chi connectivity index (χ4v) is 3.60. The second-order valence-electron chi connectivity index (χ2n) is 7.32. The SMILES string of the molecule is CCCCN1C(=O)C(=O)/C(=C(/O)c2ccc([N+](=O)[O-])cc2)C1c1cccc(OC(C)=O)c1. The molecule has 9 nitrogen and oxygen atoms in total. The van der Waals surface area contributed by atoms with Crippen molar-refractivity contribution in [3.8, 4) is 5.75 Å². The summed E-state index contributed by atoms with van der Waals surface area (Å²) in [5.41, 5.74) is 0.364. The fraction of sp³-hybridized carbons (Fsp3) is 0.261. The number of aliphatic hydroxyl groups excluding tert-OH is 1.